The van der Waals surface area contributed by atoms with E-state index >= 15 is 0 Å². The Kier molecular flexibility index (Phi) is 4.27. The number of alkyl halides is 2. The van der Waals surface area contributed by atoms with Crippen molar-refractivity contribution in [1.29, 1.82) is 0 Å². The van der Waals surface area contributed by atoms with Gasteiger partial charge in [-0.05, 0) is 19.9 Å². The van der Waals surface area contributed by atoms with Crippen LogP contribution in [0.2, 0.25) is 0 Å². The number of rotatable bonds is 5. The van der Waals surface area contributed by atoms with Crippen LogP contribution in [0.5, 0.6) is 5.88 Å². The van der Waals surface area contributed by atoms with Crippen molar-refractivity contribution in [2.75, 3.05) is 11.9 Å². The molecule has 0 saturated carbocycles. The molecule has 0 aromatic carbocycles. The van der Waals surface area contributed by atoms with E-state index in [0.717, 1.165) is 0 Å². The van der Waals surface area contributed by atoms with E-state index in [0.29, 0.717) is 5.82 Å². The second kappa shape index (κ2) is 5.48. The molecule has 0 fully saturated rings. The van der Waals surface area contributed by atoms with Crippen LogP contribution in [-0.4, -0.2) is 24.1 Å². The zero-order chi connectivity index (χ0) is 11.3. The van der Waals surface area contributed by atoms with Gasteiger partial charge in [-0.1, -0.05) is 6.07 Å². The van der Waals surface area contributed by atoms with E-state index in [1.807, 2.05) is 13.8 Å². The zero-order valence-electron chi connectivity index (χ0n) is 8.71. The van der Waals surface area contributed by atoms with Crippen molar-refractivity contribution in [1.82, 2.24) is 4.98 Å². The van der Waals surface area contributed by atoms with Crippen LogP contribution in [0, 0.1) is 0 Å². The molecule has 1 aromatic heterocycles. The molecule has 0 amide bonds. The summed E-state index contributed by atoms with van der Waals surface area (Å²) in [5.74, 6) is 0.831. The first-order chi connectivity index (χ1) is 7.08. The summed E-state index contributed by atoms with van der Waals surface area (Å²) in [7, 11) is 0. The fourth-order valence-corrected chi connectivity index (χ4v) is 1.02. The van der Waals surface area contributed by atoms with E-state index in [-0.39, 0.29) is 11.9 Å². The average Bonchev–Trinajstić information content (AvgIpc) is 2.14. The number of hydrogen-bond donors (Lipinski definition) is 1. The Morgan fingerprint density at radius 1 is 1.40 bits per heavy atom. The fraction of sp³-hybridized carbons (Fsp3) is 0.500. The first-order valence-electron chi connectivity index (χ1n) is 4.72. The number of anilines is 1. The van der Waals surface area contributed by atoms with Crippen LogP contribution >= 0.6 is 0 Å². The van der Waals surface area contributed by atoms with Crippen LogP contribution in [-0.2, 0) is 0 Å². The molecule has 3 nitrogen and oxygen atoms in total. The van der Waals surface area contributed by atoms with Crippen LogP contribution in [0.1, 0.15) is 13.8 Å². The molecule has 0 unspecified atom stereocenters. The Morgan fingerprint density at radius 3 is 2.73 bits per heavy atom. The predicted molar refractivity (Wildman–Crippen MR) is 54.5 cm³/mol. The van der Waals surface area contributed by atoms with Gasteiger partial charge in [-0.2, -0.15) is 4.98 Å². The Hall–Kier alpha value is -1.39. The third kappa shape index (κ3) is 4.58. The van der Waals surface area contributed by atoms with Gasteiger partial charge in [0.2, 0.25) is 5.88 Å². The van der Waals surface area contributed by atoms with Crippen molar-refractivity contribution in [2.45, 2.75) is 26.3 Å². The molecule has 0 atom stereocenters. The second-order valence-electron chi connectivity index (χ2n) is 3.36. The molecule has 0 aliphatic heterocycles. The average molecular weight is 216 g/mol. The number of nitrogens with zero attached hydrogens (tertiary/aromatic N) is 1. The Morgan fingerprint density at radius 2 is 2.13 bits per heavy atom. The van der Waals surface area contributed by atoms with Gasteiger partial charge in [0.25, 0.3) is 6.43 Å². The van der Waals surface area contributed by atoms with Gasteiger partial charge in [0.1, 0.15) is 5.82 Å². The fourth-order valence-electron chi connectivity index (χ4n) is 1.02. The zero-order valence-corrected chi connectivity index (χ0v) is 8.71. The molecule has 15 heavy (non-hydrogen) atoms. The van der Waals surface area contributed by atoms with E-state index in [1.165, 1.54) is 0 Å². The van der Waals surface area contributed by atoms with Crippen molar-refractivity contribution in [3.8, 4) is 5.88 Å². The molecule has 5 heteroatoms. The lowest BCUT2D eigenvalue weighted by Gasteiger charge is -2.10. The number of ether oxygens (including phenoxy) is 1. The minimum absolute atomic E-state index is 0.209. The van der Waals surface area contributed by atoms with Crippen molar-refractivity contribution < 1.29 is 13.5 Å². The number of pyridine rings is 1. The highest BCUT2D eigenvalue weighted by Crippen LogP contribution is 2.12. The SMILES string of the molecule is CC(C)Nc1cccc(OCC(F)F)n1. The van der Waals surface area contributed by atoms with Gasteiger partial charge in [-0.15, -0.1) is 0 Å². The molecule has 1 rings (SSSR count). The highest BCUT2D eigenvalue weighted by atomic mass is 19.3. The first kappa shape index (κ1) is 11.7. The monoisotopic (exact) mass is 216 g/mol. The van der Waals surface area contributed by atoms with Crippen LogP contribution in [0.15, 0.2) is 18.2 Å². The summed E-state index contributed by atoms with van der Waals surface area (Å²) in [6.45, 7) is 3.31. The van der Waals surface area contributed by atoms with Crippen molar-refractivity contribution in [3.05, 3.63) is 18.2 Å². The molecule has 1 N–H and O–H groups in total. The van der Waals surface area contributed by atoms with Crippen molar-refractivity contribution in [3.63, 3.8) is 0 Å². The number of hydrogen-bond acceptors (Lipinski definition) is 3. The van der Waals surface area contributed by atoms with Crippen molar-refractivity contribution in [2.24, 2.45) is 0 Å². The predicted octanol–water partition coefficient (Wildman–Crippen LogP) is 2.55. The maximum atomic E-state index is 11.9. The topological polar surface area (TPSA) is 34.1 Å². The Labute approximate surface area is 87.5 Å². The van der Waals surface area contributed by atoms with Crippen LogP contribution in [0.25, 0.3) is 0 Å². The van der Waals surface area contributed by atoms with Crippen molar-refractivity contribution >= 4 is 5.82 Å². The van der Waals surface area contributed by atoms with E-state index < -0.39 is 13.0 Å². The molecule has 84 valence electrons. The van der Waals surface area contributed by atoms with Crippen LogP contribution < -0.4 is 10.1 Å². The number of aromatic nitrogens is 1. The molecule has 0 saturated heterocycles. The summed E-state index contributed by atoms with van der Waals surface area (Å²) in [6, 6.07) is 5.25. The molecular weight excluding hydrogens is 202 g/mol. The largest absolute Gasteiger partial charge is 0.472 e. The quantitative estimate of drug-likeness (QED) is 0.821. The summed E-state index contributed by atoms with van der Waals surface area (Å²) in [4.78, 5) is 4.02. The van der Waals surface area contributed by atoms with E-state index in [4.69, 9.17) is 4.74 Å². The standard InChI is InChI=1S/C10H14F2N2O/c1-7(2)13-9-4-3-5-10(14-9)15-6-8(11)12/h3-5,7-8H,6H2,1-2H3,(H,13,14). The van der Waals surface area contributed by atoms with Gasteiger partial charge in [-0.3, -0.25) is 0 Å². The van der Waals surface area contributed by atoms with Gasteiger partial charge < -0.3 is 10.1 Å². The molecule has 0 aliphatic rings. The lowest BCUT2D eigenvalue weighted by atomic mass is 10.4. The maximum Gasteiger partial charge on any atom is 0.272 e. The van der Waals surface area contributed by atoms with Crippen LogP contribution in [0.3, 0.4) is 0 Å². The Balaban J connectivity index is 2.57. The second-order valence-corrected chi connectivity index (χ2v) is 3.36. The van der Waals surface area contributed by atoms with E-state index in [1.54, 1.807) is 18.2 Å². The summed E-state index contributed by atoms with van der Waals surface area (Å²) >= 11 is 0. The summed E-state index contributed by atoms with van der Waals surface area (Å²) < 4.78 is 28.5. The normalized spacial score (nSPS) is 10.8. The molecule has 1 aromatic rings. The molecule has 0 aliphatic carbocycles. The van der Waals surface area contributed by atoms with Gasteiger partial charge in [0, 0.05) is 12.1 Å². The van der Waals surface area contributed by atoms with Gasteiger partial charge in [0.15, 0.2) is 6.61 Å². The number of nitrogens with one attached hydrogen (secondary N) is 1. The summed E-state index contributed by atoms with van der Waals surface area (Å²) in [5, 5.41) is 3.05. The maximum absolute atomic E-state index is 11.9. The number of halogens is 2. The first-order valence-corrected chi connectivity index (χ1v) is 4.72. The molecule has 0 spiro atoms. The highest BCUT2D eigenvalue weighted by molar-refractivity contribution is 5.37. The molecule has 1 heterocycles. The van der Waals surface area contributed by atoms with Gasteiger partial charge >= 0.3 is 0 Å². The summed E-state index contributed by atoms with van der Waals surface area (Å²) in [5.41, 5.74) is 0. The minimum atomic E-state index is -2.48. The third-order valence-electron chi connectivity index (χ3n) is 1.52. The van der Waals surface area contributed by atoms with Gasteiger partial charge in [-0.25, -0.2) is 8.78 Å². The van der Waals surface area contributed by atoms with Crippen LogP contribution in [0.4, 0.5) is 14.6 Å². The third-order valence-corrected chi connectivity index (χ3v) is 1.52. The smallest absolute Gasteiger partial charge is 0.272 e. The molecule has 0 radical (unpaired) electrons. The minimum Gasteiger partial charge on any atom is -0.472 e. The van der Waals surface area contributed by atoms with E-state index in [2.05, 4.69) is 10.3 Å². The summed E-state index contributed by atoms with van der Waals surface area (Å²) in [6.07, 6.45) is -2.48. The molecular formula is C10H14F2N2O. The lowest BCUT2D eigenvalue weighted by molar-refractivity contribution is 0.0796. The molecule has 0 bridgehead atoms. The lowest BCUT2D eigenvalue weighted by Crippen LogP contribution is -2.12. The van der Waals surface area contributed by atoms with E-state index in [9.17, 15) is 8.78 Å². The Bertz CT molecular complexity index is 305. The highest BCUT2D eigenvalue weighted by Gasteiger charge is 2.05. The van der Waals surface area contributed by atoms with Gasteiger partial charge in [0.05, 0.1) is 0 Å².